The van der Waals surface area contributed by atoms with Gasteiger partial charge in [-0.15, -0.1) is 0 Å². The predicted molar refractivity (Wildman–Crippen MR) is 75.0 cm³/mol. The van der Waals surface area contributed by atoms with Crippen LogP contribution in [0.4, 0.5) is 0 Å². The van der Waals surface area contributed by atoms with Crippen LogP contribution in [0, 0.1) is 12.1 Å². The lowest BCUT2D eigenvalue weighted by Gasteiger charge is -2.05. The highest BCUT2D eigenvalue weighted by Gasteiger charge is 2.00. The molecule has 0 nitrogen and oxygen atoms in total. The summed E-state index contributed by atoms with van der Waals surface area (Å²) in [7, 11) is 0. The Labute approximate surface area is 108 Å². The van der Waals surface area contributed by atoms with Crippen molar-refractivity contribution in [3.63, 3.8) is 0 Å². The van der Waals surface area contributed by atoms with Crippen LogP contribution in [0.3, 0.4) is 0 Å². The molecule has 0 amide bonds. The Balaban J connectivity index is 2.05. The van der Waals surface area contributed by atoms with Gasteiger partial charge in [0.15, 0.2) is 0 Å². The lowest BCUT2D eigenvalue weighted by molar-refractivity contribution is 1.58. The molecule has 0 atom stereocenters. The van der Waals surface area contributed by atoms with Gasteiger partial charge in [-0.3, -0.25) is 0 Å². The van der Waals surface area contributed by atoms with Gasteiger partial charge in [-0.1, -0.05) is 66.7 Å². The first kappa shape index (κ1) is 10.8. The molecule has 18 heavy (non-hydrogen) atoms. The molecular formula is C18H12. The second-order valence-electron chi connectivity index (χ2n) is 4.15. The van der Waals surface area contributed by atoms with E-state index in [9.17, 15) is 0 Å². The van der Waals surface area contributed by atoms with E-state index in [0.717, 1.165) is 5.56 Å². The van der Waals surface area contributed by atoms with Crippen molar-refractivity contribution in [2.24, 2.45) is 0 Å². The fourth-order valence-electron chi connectivity index (χ4n) is 2.01. The van der Waals surface area contributed by atoms with Gasteiger partial charge < -0.3 is 0 Å². The summed E-state index contributed by atoms with van der Waals surface area (Å²) in [6, 6.07) is 30.9. The van der Waals surface area contributed by atoms with Gasteiger partial charge in [0.25, 0.3) is 0 Å². The molecule has 0 unspecified atom stereocenters. The first-order chi connectivity index (χ1) is 8.93. The molecule has 0 aliphatic carbocycles. The van der Waals surface area contributed by atoms with Crippen LogP contribution in [0.5, 0.6) is 0 Å². The molecule has 0 aliphatic heterocycles. The molecule has 0 aromatic heterocycles. The SMILES string of the molecule is [c]1ccc(-c2cc[c]c(-c3ccccc3)c2)cc1. The van der Waals surface area contributed by atoms with E-state index < -0.39 is 0 Å². The molecule has 0 fully saturated rings. The van der Waals surface area contributed by atoms with Gasteiger partial charge in [0, 0.05) is 0 Å². The molecule has 0 bridgehead atoms. The Kier molecular flexibility index (Phi) is 2.93. The van der Waals surface area contributed by atoms with Gasteiger partial charge in [-0.2, -0.15) is 0 Å². The van der Waals surface area contributed by atoms with E-state index >= 15 is 0 Å². The zero-order valence-electron chi connectivity index (χ0n) is 9.93. The van der Waals surface area contributed by atoms with Crippen molar-refractivity contribution >= 4 is 0 Å². The summed E-state index contributed by atoms with van der Waals surface area (Å²) in [5, 5.41) is 0. The third kappa shape index (κ3) is 2.18. The standard InChI is InChI=1S/C18H12/c1-3-8-15(9-4-1)17-12-7-13-18(14-17)16-10-5-2-6-11-16/h1,3-11,13-14H. The monoisotopic (exact) mass is 228 g/mol. The number of hydrogen-bond donors (Lipinski definition) is 0. The molecule has 3 aromatic rings. The van der Waals surface area contributed by atoms with Crippen LogP contribution in [-0.2, 0) is 0 Å². The lowest BCUT2D eigenvalue weighted by Crippen LogP contribution is -1.81. The molecule has 3 aromatic carbocycles. The molecule has 3 rings (SSSR count). The highest BCUT2D eigenvalue weighted by atomic mass is 14.0. The van der Waals surface area contributed by atoms with Crippen molar-refractivity contribution in [2.45, 2.75) is 0 Å². The number of rotatable bonds is 2. The maximum atomic E-state index is 3.29. The van der Waals surface area contributed by atoms with Crippen molar-refractivity contribution in [3.05, 3.63) is 84.9 Å². The molecule has 0 aliphatic rings. The van der Waals surface area contributed by atoms with Gasteiger partial charge in [0.1, 0.15) is 0 Å². The van der Waals surface area contributed by atoms with Crippen molar-refractivity contribution in [1.82, 2.24) is 0 Å². The van der Waals surface area contributed by atoms with Crippen LogP contribution in [0.15, 0.2) is 72.8 Å². The van der Waals surface area contributed by atoms with Crippen molar-refractivity contribution < 1.29 is 0 Å². The molecular weight excluding hydrogens is 216 g/mol. The second-order valence-corrected chi connectivity index (χ2v) is 4.15. The van der Waals surface area contributed by atoms with E-state index in [1.165, 1.54) is 16.7 Å². The van der Waals surface area contributed by atoms with E-state index in [0.29, 0.717) is 0 Å². The molecule has 0 N–H and O–H groups in total. The van der Waals surface area contributed by atoms with Gasteiger partial charge in [0.2, 0.25) is 0 Å². The van der Waals surface area contributed by atoms with Crippen LogP contribution in [0.2, 0.25) is 0 Å². The summed E-state index contributed by atoms with van der Waals surface area (Å²) in [4.78, 5) is 0. The summed E-state index contributed by atoms with van der Waals surface area (Å²) < 4.78 is 0. The molecule has 0 spiro atoms. The minimum atomic E-state index is 1.13. The zero-order valence-corrected chi connectivity index (χ0v) is 9.93. The maximum Gasteiger partial charge on any atom is -0.00987 e. The fraction of sp³-hybridized carbons (Fsp3) is 0. The van der Waals surface area contributed by atoms with Crippen molar-refractivity contribution in [2.75, 3.05) is 0 Å². The summed E-state index contributed by atoms with van der Waals surface area (Å²) in [5.41, 5.74) is 4.74. The normalized spacial score (nSPS) is 10.2. The van der Waals surface area contributed by atoms with Crippen molar-refractivity contribution in [1.29, 1.82) is 0 Å². The minimum Gasteiger partial charge on any atom is -0.0622 e. The van der Waals surface area contributed by atoms with Crippen LogP contribution in [-0.4, -0.2) is 0 Å². The third-order valence-corrected chi connectivity index (χ3v) is 2.94. The van der Waals surface area contributed by atoms with Crippen LogP contribution in [0.1, 0.15) is 0 Å². The average molecular weight is 228 g/mol. The summed E-state index contributed by atoms with van der Waals surface area (Å²) in [5.74, 6) is 0. The van der Waals surface area contributed by atoms with E-state index in [-0.39, 0.29) is 0 Å². The van der Waals surface area contributed by atoms with E-state index in [4.69, 9.17) is 0 Å². The molecule has 0 saturated carbocycles. The van der Waals surface area contributed by atoms with Gasteiger partial charge in [-0.25, -0.2) is 0 Å². The Morgan fingerprint density at radius 3 is 2.11 bits per heavy atom. The highest BCUT2D eigenvalue weighted by molar-refractivity contribution is 5.72. The third-order valence-electron chi connectivity index (χ3n) is 2.94. The van der Waals surface area contributed by atoms with E-state index in [2.05, 4.69) is 48.5 Å². The van der Waals surface area contributed by atoms with Gasteiger partial charge in [-0.05, 0) is 40.5 Å². The number of benzene rings is 3. The lowest BCUT2D eigenvalue weighted by atomic mass is 9.99. The largest absolute Gasteiger partial charge is 0.0622 e. The maximum absolute atomic E-state index is 3.29. The number of hydrogen-bond acceptors (Lipinski definition) is 0. The summed E-state index contributed by atoms with van der Waals surface area (Å²) in [6.07, 6.45) is 0. The average Bonchev–Trinajstić information content (AvgIpc) is 2.49. The molecule has 2 radical (unpaired) electrons. The zero-order chi connectivity index (χ0) is 12.2. The molecule has 0 heteroatoms. The Bertz CT molecular complexity index is 570. The summed E-state index contributed by atoms with van der Waals surface area (Å²) >= 11 is 0. The molecule has 84 valence electrons. The minimum absolute atomic E-state index is 1.13. The van der Waals surface area contributed by atoms with Crippen LogP contribution < -0.4 is 0 Å². The van der Waals surface area contributed by atoms with Crippen molar-refractivity contribution in [3.8, 4) is 22.3 Å². The second kappa shape index (κ2) is 4.89. The topological polar surface area (TPSA) is 0 Å². The molecule has 0 saturated heterocycles. The van der Waals surface area contributed by atoms with Gasteiger partial charge in [0.05, 0.1) is 0 Å². The Hall–Kier alpha value is -2.34. The Morgan fingerprint density at radius 2 is 1.33 bits per heavy atom. The fourth-order valence-corrected chi connectivity index (χ4v) is 2.01. The van der Waals surface area contributed by atoms with E-state index in [1.807, 2.05) is 36.4 Å². The van der Waals surface area contributed by atoms with Crippen LogP contribution >= 0.6 is 0 Å². The predicted octanol–water partition coefficient (Wildman–Crippen LogP) is 4.62. The first-order valence-corrected chi connectivity index (χ1v) is 5.97. The molecule has 0 heterocycles. The van der Waals surface area contributed by atoms with E-state index in [1.54, 1.807) is 0 Å². The van der Waals surface area contributed by atoms with Gasteiger partial charge >= 0.3 is 0 Å². The smallest absolute Gasteiger partial charge is 0.00987 e. The quantitative estimate of drug-likeness (QED) is 0.600. The first-order valence-electron chi connectivity index (χ1n) is 5.97. The Morgan fingerprint density at radius 1 is 0.611 bits per heavy atom. The summed E-state index contributed by atoms with van der Waals surface area (Å²) in [6.45, 7) is 0. The van der Waals surface area contributed by atoms with Crippen LogP contribution in [0.25, 0.3) is 22.3 Å². The highest BCUT2D eigenvalue weighted by Crippen LogP contribution is 2.25.